The Balaban J connectivity index is 1.83. The number of hydrogen-bond donors (Lipinski definition) is 1. The third kappa shape index (κ3) is 3.92. The van der Waals surface area contributed by atoms with Crippen molar-refractivity contribution in [3.05, 3.63) is 0 Å². The van der Waals surface area contributed by atoms with Crippen LogP contribution in [0.25, 0.3) is 0 Å². The highest BCUT2D eigenvalue weighted by Gasteiger charge is 2.29. The zero-order valence-corrected chi connectivity index (χ0v) is 12.0. The lowest BCUT2D eigenvalue weighted by molar-refractivity contribution is 0.134. The molecule has 0 amide bonds. The highest BCUT2D eigenvalue weighted by molar-refractivity contribution is 4.86. The van der Waals surface area contributed by atoms with Gasteiger partial charge in [-0.2, -0.15) is 0 Å². The molecular formula is C14H29N3O. The lowest BCUT2D eigenvalue weighted by Crippen LogP contribution is -2.46. The first-order valence-electron chi connectivity index (χ1n) is 7.52. The molecule has 0 aromatic heterocycles. The van der Waals surface area contributed by atoms with Crippen LogP contribution in [0.4, 0.5) is 0 Å². The Hall–Kier alpha value is -0.160. The van der Waals surface area contributed by atoms with Gasteiger partial charge in [-0.25, -0.2) is 0 Å². The first-order chi connectivity index (χ1) is 8.83. The molecule has 106 valence electrons. The topological polar surface area (TPSA) is 27.7 Å². The van der Waals surface area contributed by atoms with Crippen molar-refractivity contribution in [1.82, 2.24) is 15.1 Å². The van der Waals surface area contributed by atoms with Crippen molar-refractivity contribution in [3.8, 4) is 0 Å². The zero-order valence-electron chi connectivity index (χ0n) is 12.0. The van der Waals surface area contributed by atoms with E-state index in [1.165, 1.54) is 45.4 Å². The molecule has 2 unspecified atom stereocenters. The van der Waals surface area contributed by atoms with Gasteiger partial charge in [0.1, 0.15) is 0 Å². The molecule has 0 aromatic carbocycles. The molecule has 18 heavy (non-hydrogen) atoms. The van der Waals surface area contributed by atoms with E-state index in [4.69, 9.17) is 4.74 Å². The second-order valence-electron chi connectivity index (χ2n) is 5.66. The molecule has 2 aliphatic heterocycles. The molecule has 2 rings (SSSR count). The summed E-state index contributed by atoms with van der Waals surface area (Å²) in [6.45, 7) is 10.3. The van der Waals surface area contributed by atoms with Gasteiger partial charge in [0.05, 0.1) is 6.61 Å². The van der Waals surface area contributed by atoms with Crippen LogP contribution in [0.1, 0.15) is 26.2 Å². The van der Waals surface area contributed by atoms with Crippen molar-refractivity contribution in [3.63, 3.8) is 0 Å². The molecule has 4 nitrogen and oxygen atoms in total. The summed E-state index contributed by atoms with van der Waals surface area (Å²) in [6, 6.07) is 1.30. The van der Waals surface area contributed by atoms with E-state index in [1.807, 2.05) is 0 Å². The Morgan fingerprint density at radius 2 is 2.11 bits per heavy atom. The van der Waals surface area contributed by atoms with Crippen molar-refractivity contribution in [2.75, 3.05) is 53.0 Å². The summed E-state index contributed by atoms with van der Waals surface area (Å²) in [4.78, 5) is 5.33. The maximum Gasteiger partial charge on any atom is 0.0628 e. The van der Waals surface area contributed by atoms with Gasteiger partial charge in [-0.3, -0.25) is 4.90 Å². The molecule has 2 saturated heterocycles. The molecule has 0 saturated carbocycles. The average Bonchev–Trinajstić information content (AvgIpc) is 2.69. The molecule has 1 N–H and O–H groups in total. The Morgan fingerprint density at radius 1 is 1.28 bits per heavy atom. The smallest absolute Gasteiger partial charge is 0.0628 e. The van der Waals surface area contributed by atoms with E-state index in [0.29, 0.717) is 6.04 Å². The quantitative estimate of drug-likeness (QED) is 0.759. The minimum atomic E-state index is 0.480. The maximum atomic E-state index is 5.32. The van der Waals surface area contributed by atoms with Crippen molar-refractivity contribution in [2.45, 2.75) is 38.3 Å². The summed E-state index contributed by atoms with van der Waals surface area (Å²) in [5, 5.41) is 3.53. The fourth-order valence-electron chi connectivity index (χ4n) is 3.43. The fourth-order valence-corrected chi connectivity index (χ4v) is 3.43. The number of likely N-dealkylation sites (N-methyl/N-ethyl adjacent to an activating group) is 1. The van der Waals surface area contributed by atoms with Crippen LogP contribution in [-0.2, 0) is 4.74 Å². The van der Waals surface area contributed by atoms with Crippen LogP contribution in [-0.4, -0.2) is 74.9 Å². The number of fused-ring (bicyclic) bond motifs is 1. The third-order valence-corrected chi connectivity index (χ3v) is 4.23. The molecule has 0 aliphatic carbocycles. The van der Waals surface area contributed by atoms with E-state index in [-0.39, 0.29) is 0 Å². The lowest BCUT2D eigenvalue weighted by Gasteiger charge is -2.29. The predicted octanol–water partition coefficient (Wildman–Crippen LogP) is 0.781. The molecule has 2 atom stereocenters. The zero-order chi connectivity index (χ0) is 12.8. The molecule has 0 spiro atoms. The molecule has 0 bridgehead atoms. The molecule has 0 aromatic rings. The second-order valence-corrected chi connectivity index (χ2v) is 5.66. The van der Waals surface area contributed by atoms with Gasteiger partial charge in [0.15, 0.2) is 0 Å². The Kier molecular flexibility index (Phi) is 5.89. The summed E-state index contributed by atoms with van der Waals surface area (Å²) in [5.41, 5.74) is 0. The molecule has 2 fully saturated rings. The second kappa shape index (κ2) is 7.43. The number of hydrogen-bond acceptors (Lipinski definition) is 4. The van der Waals surface area contributed by atoms with Gasteiger partial charge < -0.3 is 15.0 Å². The van der Waals surface area contributed by atoms with Gasteiger partial charge >= 0.3 is 0 Å². The predicted molar refractivity (Wildman–Crippen MR) is 75.0 cm³/mol. The van der Waals surface area contributed by atoms with E-state index in [9.17, 15) is 0 Å². The van der Waals surface area contributed by atoms with Crippen LogP contribution in [0.5, 0.6) is 0 Å². The fraction of sp³-hybridized carbons (Fsp3) is 1.00. The standard InChI is InChI=1S/C14H29N3O/c1-3-15-13(12-18-2)10-16-7-5-9-17-8-4-6-14(17)11-16/h13-15H,3-12H2,1-2H3. The average molecular weight is 255 g/mol. The van der Waals surface area contributed by atoms with Crippen LogP contribution in [0.2, 0.25) is 0 Å². The largest absolute Gasteiger partial charge is 0.383 e. The molecule has 2 aliphatic rings. The normalized spacial score (nSPS) is 28.0. The summed E-state index contributed by atoms with van der Waals surface area (Å²) in [5.74, 6) is 0. The highest BCUT2D eigenvalue weighted by Crippen LogP contribution is 2.21. The van der Waals surface area contributed by atoms with Crippen LogP contribution in [0.15, 0.2) is 0 Å². The molecule has 2 heterocycles. The number of rotatable bonds is 6. The Bertz CT molecular complexity index is 231. The molecule has 0 radical (unpaired) electrons. The van der Waals surface area contributed by atoms with Gasteiger partial charge in [-0.15, -0.1) is 0 Å². The van der Waals surface area contributed by atoms with Crippen LogP contribution >= 0.6 is 0 Å². The van der Waals surface area contributed by atoms with Gasteiger partial charge in [0.25, 0.3) is 0 Å². The monoisotopic (exact) mass is 255 g/mol. The SMILES string of the molecule is CCNC(COC)CN1CCCN2CCCC2C1. The van der Waals surface area contributed by atoms with E-state index in [1.54, 1.807) is 7.11 Å². The van der Waals surface area contributed by atoms with Gasteiger partial charge in [0.2, 0.25) is 0 Å². The summed E-state index contributed by atoms with van der Waals surface area (Å²) in [7, 11) is 1.80. The number of nitrogens with one attached hydrogen (secondary N) is 1. The van der Waals surface area contributed by atoms with E-state index < -0.39 is 0 Å². The van der Waals surface area contributed by atoms with Crippen molar-refractivity contribution < 1.29 is 4.74 Å². The van der Waals surface area contributed by atoms with Crippen molar-refractivity contribution in [1.29, 1.82) is 0 Å². The van der Waals surface area contributed by atoms with Gasteiger partial charge in [0, 0.05) is 32.3 Å². The maximum absolute atomic E-state index is 5.32. The van der Waals surface area contributed by atoms with Crippen LogP contribution in [0, 0.1) is 0 Å². The Morgan fingerprint density at radius 3 is 2.89 bits per heavy atom. The first kappa shape index (κ1) is 14.3. The minimum absolute atomic E-state index is 0.480. The summed E-state index contributed by atoms with van der Waals surface area (Å²) >= 11 is 0. The summed E-state index contributed by atoms with van der Waals surface area (Å²) < 4.78 is 5.32. The number of ether oxygens (including phenoxy) is 1. The van der Waals surface area contributed by atoms with E-state index in [0.717, 1.165) is 25.7 Å². The lowest BCUT2D eigenvalue weighted by atomic mass is 10.2. The molecular weight excluding hydrogens is 226 g/mol. The minimum Gasteiger partial charge on any atom is -0.383 e. The Labute approximate surface area is 112 Å². The van der Waals surface area contributed by atoms with Gasteiger partial charge in [-0.1, -0.05) is 6.92 Å². The van der Waals surface area contributed by atoms with Gasteiger partial charge in [-0.05, 0) is 45.4 Å². The highest BCUT2D eigenvalue weighted by atomic mass is 16.5. The van der Waals surface area contributed by atoms with Crippen LogP contribution in [0.3, 0.4) is 0 Å². The van der Waals surface area contributed by atoms with E-state index in [2.05, 4.69) is 22.0 Å². The number of methoxy groups -OCH3 is 1. The number of nitrogens with zero attached hydrogens (tertiary/aromatic N) is 2. The molecule has 4 heteroatoms. The van der Waals surface area contributed by atoms with Crippen molar-refractivity contribution >= 4 is 0 Å². The summed E-state index contributed by atoms with van der Waals surface area (Å²) in [6.07, 6.45) is 4.11. The first-order valence-corrected chi connectivity index (χ1v) is 7.52. The third-order valence-electron chi connectivity index (χ3n) is 4.23. The van der Waals surface area contributed by atoms with E-state index >= 15 is 0 Å². The van der Waals surface area contributed by atoms with Crippen molar-refractivity contribution in [2.24, 2.45) is 0 Å². The van der Waals surface area contributed by atoms with Crippen LogP contribution < -0.4 is 5.32 Å².